The standard InChI is InChI=1S/C15H13BrClNO4S/c1-2-22-15(19)10-3-6-12(7-4-10)18-23(20,21)14-8-5-11(16)9-13(14)17/h3-9,18H,2H2,1H3. The lowest BCUT2D eigenvalue weighted by Gasteiger charge is -2.10. The highest BCUT2D eigenvalue weighted by molar-refractivity contribution is 9.10. The van der Waals surface area contributed by atoms with Crippen LogP contribution in [-0.4, -0.2) is 21.0 Å². The second-order valence-corrected chi connectivity index (χ2v) is 7.45. The summed E-state index contributed by atoms with van der Waals surface area (Å²) in [5.74, 6) is -0.460. The van der Waals surface area contributed by atoms with Crippen LogP contribution in [0.1, 0.15) is 17.3 Å². The minimum absolute atomic E-state index is 0.0307. The van der Waals surface area contributed by atoms with Gasteiger partial charge < -0.3 is 4.74 Å². The van der Waals surface area contributed by atoms with Gasteiger partial charge in [-0.2, -0.15) is 0 Å². The van der Waals surface area contributed by atoms with Crippen molar-refractivity contribution >= 4 is 49.2 Å². The van der Waals surface area contributed by atoms with Gasteiger partial charge in [0.25, 0.3) is 10.0 Å². The zero-order valence-corrected chi connectivity index (χ0v) is 15.2. The van der Waals surface area contributed by atoms with Gasteiger partial charge in [0.15, 0.2) is 0 Å². The highest BCUT2D eigenvalue weighted by Gasteiger charge is 2.18. The highest BCUT2D eigenvalue weighted by atomic mass is 79.9. The molecule has 0 saturated carbocycles. The number of carbonyl (C=O) groups is 1. The lowest BCUT2D eigenvalue weighted by molar-refractivity contribution is 0.0526. The number of esters is 1. The number of sulfonamides is 1. The highest BCUT2D eigenvalue weighted by Crippen LogP contribution is 2.27. The lowest BCUT2D eigenvalue weighted by Crippen LogP contribution is -2.13. The van der Waals surface area contributed by atoms with E-state index in [0.717, 1.165) is 0 Å². The number of carbonyl (C=O) groups excluding carboxylic acids is 1. The molecular formula is C15H13BrClNO4S. The number of anilines is 1. The Morgan fingerprint density at radius 3 is 2.43 bits per heavy atom. The minimum atomic E-state index is -3.82. The van der Waals surface area contributed by atoms with E-state index in [0.29, 0.717) is 15.7 Å². The van der Waals surface area contributed by atoms with Crippen molar-refractivity contribution in [3.63, 3.8) is 0 Å². The van der Waals surface area contributed by atoms with Crippen molar-refractivity contribution in [3.8, 4) is 0 Å². The SMILES string of the molecule is CCOC(=O)c1ccc(NS(=O)(=O)c2ccc(Br)cc2Cl)cc1. The Kier molecular flexibility index (Phi) is 5.67. The van der Waals surface area contributed by atoms with Gasteiger partial charge in [-0.05, 0) is 49.4 Å². The molecule has 23 heavy (non-hydrogen) atoms. The summed E-state index contributed by atoms with van der Waals surface area (Å²) >= 11 is 9.19. The molecule has 8 heteroatoms. The largest absolute Gasteiger partial charge is 0.462 e. The first-order valence-corrected chi connectivity index (χ1v) is 9.24. The van der Waals surface area contributed by atoms with Gasteiger partial charge >= 0.3 is 5.97 Å². The van der Waals surface area contributed by atoms with Gasteiger partial charge in [0.05, 0.1) is 17.2 Å². The molecule has 0 aliphatic heterocycles. The molecule has 0 heterocycles. The third-order valence-electron chi connectivity index (χ3n) is 2.83. The van der Waals surface area contributed by atoms with Crippen molar-refractivity contribution < 1.29 is 17.9 Å². The van der Waals surface area contributed by atoms with Crippen LogP contribution in [0.3, 0.4) is 0 Å². The molecule has 122 valence electrons. The molecule has 0 amide bonds. The molecule has 2 aromatic carbocycles. The first-order chi connectivity index (χ1) is 10.8. The van der Waals surface area contributed by atoms with Crippen LogP contribution >= 0.6 is 27.5 Å². The summed E-state index contributed by atoms with van der Waals surface area (Å²) in [5.41, 5.74) is 0.661. The third kappa shape index (κ3) is 4.46. The number of halogens is 2. The van der Waals surface area contributed by atoms with E-state index >= 15 is 0 Å². The van der Waals surface area contributed by atoms with Gasteiger partial charge in [0, 0.05) is 10.2 Å². The van der Waals surface area contributed by atoms with E-state index in [-0.39, 0.29) is 16.5 Å². The Labute approximate surface area is 147 Å². The van der Waals surface area contributed by atoms with Crippen LogP contribution in [0.25, 0.3) is 0 Å². The summed E-state index contributed by atoms with van der Waals surface area (Å²) < 4.78 is 32.7. The number of rotatable bonds is 5. The van der Waals surface area contributed by atoms with Crippen molar-refractivity contribution in [2.75, 3.05) is 11.3 Å². The fourth-order valence-electron chi connectivity index (χ4n) is 1.79. The van der Waals surface area contributed by atoms with E-state index in [1.807, 2.05) is 0 Å². The molecule has 2 aromatic rings. The molecular weight excluding hydrogens is 406 g/mol. The Morgan fingerprint density at radius 2 is 1.87 bits per heavy atom. The zero-order valence-electron chi connectivity index (χ0n) is 12.0. The van der Waals surface area contributed by atoms with Gasteiger partial charge in [-0.1, -0.05) is 27.5 Å². The van der Waals surface area contributed by atoms with Crippen molar-refractivity contribution in [1.82, 2.24) is 0 Å². The average molecular weight is 419 g/mol. The van der Waals surface area contributed by atoms with Gasteiger partial charge in [-0.15, -0.1) is 0 Å². The van der Waals surface area contributed by atoms with Crippen molar-refractivity contribution in [2.24, 2.45) is 0 Å². The molecule has 2 rings (SSSR count). The normalized spacial score (nSPS) is 11.1. The summed E-state index contributed by atoms with van der Waals surface area (Å²) in [7, 11) is -3.82. The molecule has 0 spiro atoms. The summed E-state index contributed by atoms with van der Waals surface area (Å²) in [6.07, 6.45) is 0. The molecule has 0 unspecified atom stereocenters. The van der Waals surface area contributed by atoms with Crippen LogP contribution in [0, 0.1) is 0 Å². The summed E-state index contributed by atoms with van der Waals surface area (Å²) in [5, 5.41) is 0.106. The Morgan fingerprint density at radius 1 is 1.22 bits per heavy atom. The summed E-state index contributed by atoms with van der Waals surface area (Å²) in [4.78, 5) is 11.5. The van der Waals surface area contributed by atoms with Gasteiger partial charge in [0.1, 0.15) is 4.90 Å². The fraction of sp³-hybridized carbons (Fsp3) is 0.133. The maximum absolute atomic E-state index is 12.4. The maximum atomic E-state index is 12.4. The van der Waals surface area contributed by atoms with Gasteiger partial charge in [0.2, 0.25) is 0 Å². The van der Waals surface area contributed by atoms with Crippen LogP contribution in [0.4, 0.5) is 5.69 Å². The average Bonchev–Trinajstić information content (AvgIpc) is 2.47. The van der Waals surface area contributed by atoms with E-state index in [2.05, 4.69) is 20.7 Å². The van der Waals surface area contributed by atoms with Gasteiger partial charge in [-0.25, -0.2) is 13.2 Å². The van der Waals surface area contributed by atoms with Crippen LogP contribution < -0.4 is 4.72 Å². The van der Waals surface area contributed by atoms with Crippen LogP contribution in [-0.2, 0) is 14.8 Å². The van der Waals surface area contributed by atoms with E-state index < -0.39 is 16.0 Å². The van der Waals surface area contributed by atoms with E-state index in [1.54, 1.807) is 13.0 Å². The number of ether oxygens (including phenoxy) is 1. The second kappa shape index (κ2) is 7.33. The molecule has 0 saturated heterocycles. The number of nitrogens with one attached hydrogen (secondary N) is 1. The molecule has 0 aliphatic carbocycles. The zero-order chi connectivity index (χ0) is 17.0. The molecule has 1 N–H and O–H groups in total. The molecule has 0 bridgehead atoms. The summed E-state index contributed by atoms with van der Waals surface area (Å²) in [6.45, 7) is 1.98. The predicted molar refractivity (Wildman–Crippen MR) is 92.4 cm³/mol. The monoisotopic (exact) mass is 417 g/mol. The Bertz CT molecular complexity index is 822. The third-order valence-corrected chi connectivity index (χ3v) is 5.19. The predicted octanol–water partition coefficient (Wildman–Crippen LogP) is 4.08. The number of benzene rings is 2. The maximum Gasteiger partial charge on any atom is 0.338 e. The van der Waals surface area contributed by atoms with Crippen molar-refractivity contribution in [1.29, 1.82) is 0 Å². The fourth-order valence-corrected chi connectivity index (χ4v) is 3.89. The van der Waals surface area contributed by atoms with Crippen LogP contribution in [0.15, 0.2) is 51.8 Å². The summed E-state index contributed by atoms with van der Waals surface area (Å²) in [6, 6.07) is 10.4. The number of hydrogen-bond acceptors (Lipinski definition) is 4. The molecule has 0 fully saturated rings. The van der Waals surface area contributed by atoms with Gasteiger partial charge in [-0.3, -0.25) is 4.72 Å². The van der Waals surface area contributed by atoms with Crippen LogP contribution in [0.5, 0.6) is 0 Å². The Balaban J connectivity index is 2.22. The first-order valence-electron chi connectivity index (χ1n) is 6.58. The quantitative estimate of drug-likeness (QED) is 0.743. The Hall–Kier alpha value is -1.57. The number of hydrogen-bond donors (Lipinski definition) is 1. The lowest BCUT2D eigenvalue weighted by atomic mass is 10.2. The van der Waals surface area contributed by atoms with E-state index in [9.17, 15) is 13.2 Å². The topological polar surface area (TPSA) is 72.5 Å². The molecule has 0 aliphatic rings. The first kappa shape index (κ1) is 17.8. The smallest absolute Gasteiger partial charge is 0.338 e. The molecule has 0 atom stereocenters. The second-order valence-electron chi connectivity index (χ2n) is 4.48. The minimum Gasteiger partial charge on any atom is -0.462 e. The van der Waals surface area contributed by atoms with E-state index in [4.69, 9.17) is 16.3 Å². The molecule has 5 nitrogen and oxygen atoms in total. The molecule has 0 aromatic heterocycles. The van der Waals surface area contributed by atoms with Crippen molar-refractivity contribution in [2.45, 2.75) is 11.8 Å². The van der Waals surface area contributed by atoms with Crippen LogP contribution in [0.2, 0.25) is 5.02 Å². The molecule has 0 radical (unpaired) electrons. The van der Waals surface area contributed by atoms with E-state index in [1.165, 1.54) is 36.4 Å². The van der Waals surface area contributed by atoms with Crippen molar-refractivity contribution in [3.05, 3.63) is 57.5 Å².